The predicted octanol–water partition coefficient (Wildman–Crippen LogP) is 2.85. The molecule has 0 bridgehead atoms. The van der Waals surface area contributed by atoms with Gasteiger partial charge in [0.05, 0.1) is 18.5 Å². The van der Waals surface area contributed by atoms with Crippen molar-refractivity contribution in [1.82, 2.24) is 5.32 Å². The Labute approximate surface area is 102 Å². The molecule has 16 heavy (non-hydrogen) atoms. The van der Waals surface area contributed by atoms with Crippen LogP contribution in [0.3, 0.4) is 0 Å². The molecule has 1 aromatic rings. The molecule has 0 radical (unpaired) electrons. The van der Waals surface area contributed by atoms with Crippen LogP contribution in [0.15, 0.2) is 29.2 Å². The number of nitrogens with one attached hydrogen (secondary N) is 1. The van der Waals surface area contributed by atoms with Gasteiger partial charge in [-0.3, -0.25) is 0 Å². The monoisotopic (exact) mass is 237 g/mol. The molecule has 0 spiro atoms. The highest BCUT2D eigenvalue weighted by atomic mass is 32.2. The van der Waals surface area contributed by atoms with Crippen LogP contribution in [-0.4, -0.2) is 25.5 Å². The van der Waals surface area contributed by atoms with E-state index in [1.165, 1.54) is 10.5 Å². The van der Waals surface area contributed by atoms with Crippen LogP contribution >= 0.6 is 11.8 Å². The van der Waals surface area contributed by atoms with Crippen molar-refractivity contribution in [2.24, 2.45) is 0 Å². The van der Waals surface area contributed by atoms with Crippen molar-refractivity contribution in [2.75, 3.05) is 20.3 Å². The molecule has 2 rings (SSSR count). The minimum Gasteiger partial charge on any atom is -0.379 e. The second-order valence-corrected chi connectivity index (χ2v) is 5.47. The second-order valence-electron chi connectivity index (χ2n) is 4.10. The summed E-state index contributed by atoms with van der Waals surface area (Å²) in [6, 6.07) is 9.38. The van der Waals surface area contributed by atoms with Crippen molar-refractivity contribution in [3.63, 3.8) is 0 Å². The zero-order valence-corrected chi connectivity index (χ0v) is 10.7. The smallest absolute Gasteiger partial charge is 0.0611 e. The Morgan fingerprint density at radius 3 is 2.50 bits per heavy atom. The third kappa shape index (κ3) is 2.78. The maximum absolute atomic E-state index is 5.17. The number of thioether (sulfide) groups is 1. The van der Waals surface area contributed by atoms with Crippen LogP contribution in [0, 0.1) is 0 Å². The summed E-state index contributed by atoms with van der Waals surface area (Å²) in [5, 5.41) is 3.99. The number of hydrogen-bond acceptors (Lipinski definition) is 3. The molecule has 1 heterocycles. The van der Waals surface area contributed by atoms with E-state index >= 15 is 0 Å². The number of hydrogen-bond donors (Lipinski definition) is 1. The van der Waals surface area contributed by atoms with Crippen LogP contribution in [0.25, 0.3) is 0 Å². The van der Waals surface area contributed by atoms with Gasteiger partial charge in [-0.2, -0.15) is 0 Å². The third-order valence-corrected chi connectivity index (χ3v) is 4.10. The molecule has 1 saturated heterocycles. The van der Waals surface area contributed by atoms with E-state index < -0.39 is 0 Å². The SMILES string of the molecule is CCC(NC)c1ccc(SC2COC2)cc1. The Morgan fingerprint density at radius 2 is 2.06 bits per heavy atom. The van der Waals surface area contributed by atoms with Crippen molar-refractivity contribution in [2.45, 2.75) is 29.5 Å². The molecule has 88 valence electrons. The van der Waals surface area contributed by atoms with E-state index in [1.54, 1.807) is 0 Å². The first-order chi connectivity index (χ1) is 7.83. The van der Waals surface area contributed by atoms with Crippen molar-refractivity contribution >= 4 is 11.8 Å². The zero-order valence-electron chi connectivity index (χ0n) is 9.90. The van der Waals surface area contributed by atoms with Crippen LogP contribution < -0.4 is 5.32 Å². The fourth-order valence-electron chi connectivity index (χ4n) is 1.86. The molecule has 1 N–H and O–H groups in total. The van der Waals surface area contributed by atoms with Crippen molar-refractivity contribution in [1.29, 1.82) is 0 Å². The molecule has 0 amide bonds. The summed E-state index contributed by atoms with van der Waals surface area (Å²) < 4.78 is 5.17. The molecule has 1 atom stereocenters. The lowest BCUT2D eigenvalue weighted by molar-refractivity contribution is 0.0455. The van der Waals surface area contributed by atoms with Crippen LogP contribution in [-0.2, 0) is 4.74 Å². The molecule has 2 nitrogen and oxygen atoms in total. The van der Waals surface area contributed by atoms with E-state index in [4.69, 9.17) is 4.74 Å². The molecule has 1 aromatic carbocycles. The summed E-state index contributed by atoms with van der Waals surface area (Å²) in [6.45, 7) is 4.01. The molecular formula is C13H19NOS. The largest absolute Gasteiger partial charge is 0.379 e. The summed E-state index contributed by atoms with van der Waals surface area (Å²) in [5.74, 6) is 0. The molecule has 1 unspecified atom stereocenters. The van der Waals surface area contributed by atoms with Crippen molar-refractivity contribution in [3.8, 4) is 0 Å². The minimum absolute atomic E-state index is 0.478. The lowest BCUT2D eigenvalue weighted by atomic mass is 10.1. The maximum atomic E-state index is 5.17. The fourth-order valence-corrected chi connectivity index (χ4v) is 2.87. The van der Waals surface area contributed by atoms with E-state index in [0.29, 0.717) is 11.3 Å². The molecule has 1 aliphatic heterocycles. The van der Waals surface area contributed by atoms with Gasteiger partial charge in [0.2, 0.25) is 0 Å². The molecule has 1 fully saturated rings. The van der Waals surface area contributed by atoms with Crippen LogP contribution in [0.1, 0.15) is 24.9 Å². The Bertz CT molecular complexity index is 317. The van der Waals surface area contributed by atoms with Gasteiger partial charge in [-0.1, -0.05) is 19.1 Å². The molecule has 0 aromatic heterocycles. The summed E-state index contributed by atoms with van der Waals surface area (Å²) >= 11 is 1.92. The van der Waals surface area contributed by atoms with Gasteiger partial charge in [-0.15, -0.1) is 11.8 Å². The minimum atomic E-state index is 0.478. The quantitative estimate of drug-likeness (QED) is 0.851. The van der Waals surface area contributed by atoms with E-state index in [-0.39, 0.29) is 0 Å². The number of benzene rings is 1. The number of rotatable bonds is 5. The third-order valence-electron chi connectivity index (χ3n) is 2.95. The number of ether oxygens (including phenoxy) is 1. The van der Waals surface area contributed by atoms with Crippen molar-refractivity contribution < 1.29 is 4.74 Å². The topological polar surface area (TPSA) is 21.3 Å². The van der Waals surface area contributed by atoms with E-state index in [1.807, 2.05) is 18.8 Å². The summed E-state index contributed by atoms with van der Waals surface area (Å²) in [6.07, 6.45) is 1.12. The first-order valence-corrected chi connectivity index (χ1v) is 6.73. The summed E-state index contributed by atoms with van der Waals surface area (Å²) in [4.78, 5) is 1.35. The van der Waals surface area contributed by atoms with E-state index in [0.717, 1.165) is 19.6 Å². The standard InChI is InChI=1S/C13H19NOS/c1-3-13(14-2)10-4-6-11(7-5-10)16-12-8-15-9-12/h4-7,12-14H,3,8-9H2,1-2H3. The molecule has 3 heteroatoms. The highest BCUT2D eigenvalue weighted by Gasteiger charge is 2.19. The van der Waals surface area contributed by atoms with Gasteiger partial charge in [0.1, 0.15) is 0 Å². The molecule has 1 aliphatic rings. The van der Waals surface area contributed by atoms with Gasteiger partial charge < -0.3 is 10.1 Å². The highest BCUT2D eigenvalue weighted by molar-refractivity contribution is 8.00. The van der Waals surface area contributed by atoms with Gasteiger partial charge >= 0.3 is 0 Å². The Hall–Kier alpha value is -0.510. The highest BCUT2D eigenvalue weighted by Crippen LogP contribution is 2.29. The summed E-state index contributed by atoms with van der Waals surface area (Å²) in [5.41, 5.74) is 1.37. The van der Waals surface area contributed by atoms with E-state index in [2.05, 4.69) is 36.5 Å². The molecule has 0 aliphatic carbocycles. The average Bonchev–Trinajstić information content (AvgIpc) is 2.27. The fraction of sp³-hybridized carbons (Fsp3) is 0.538. The first kappa shape index (κ1) is 12.0. The lowest BCUT2D eigenvalue weighted by Gasteiger charge is -2.25. The molecule has 0 saturated carbocycles. The van der Waals surface area contributed by atoms with Gasteiger partial charge in [-0.05, 0) is 31.2 Å². The Morgan fingerprint density at radius 1 is 1.38 bits per heavy atom. The predicted molar refractivity (Wildman–Crippen MR) is 69.0 cm³/mol. The zero-order chi connectivity index (χ0) is 11.4. The van der Waals surface area contributed by atoms with Crippen LogP contribution in [0.5, 0.6) is 0 Å². The first-order valence-electron chi connectivity index (χ1n) is 5.85. The van der Waals surface area contributed by atoms with Gasteiger partial charge in [0.25, 0.3) is 0 Å². The maximum Gasteiger partial charge on any atom is 0.0611 e. The average molecular weight is 237 g/mol. The van der Waals surface area contributed by atoms with Gasteiger partial charge in [-0.25, -0.2) is 0 Å². The second kappa shape index (κ2) is 5.71. The van der Waals surface area contributed by atoms with Gasteiger partial charge in [0, 0.05) is 10.9 Å². The molecular weight excluding hydrogens is 218 g/mol. The van der Waals surface area contributed by atoms with Crippen molar-refractivity contribution in [3.05, 3.63) is 29.8 Å². The van der Waals surface area contributed by atoms with Crippen LogP contribution in [0.2, 0.25) is 0 Å². The van der Waals surface area contributed by atoms with Gasteiger partial charge in [0.15, 0.2) is 0 Å². The Balaban J connectivity index is 1.97. The Kier molecular flexibility index (Phi) is 4.27. The van der Waals surface area contributed by atoms with Crippen LogP contribution in [0.4, 0.5) is 0 Å². The van der Waals surface area contributed by atoms with E-state index in [9.17, 15) is 0 Å². The normalized spacial score (nSPS) is 18.1. The lowest BCUT2D eigenvalue weighted by Crippen LogP contribution is -2.29. The summed E-state index contributed by atoms with van der Waals surface area (Å²) in [7, 11) is 2.02.